The molecule has 4 heterocycles. The second-order valence-corrected chi connectivity index (χ2v) is 9.94. The fourth-order valence-corrected chi connectivity index (χ4v) is 5.18. The first-order chi connectivity index (χ1) is 17.7. The fourth-order valence-electron chi connectivity index (χ4n) is 3.98. The number of primary amides is 1. The molecule has 0 spiro atoms. The molecule has 13 heteroatoms. The molecule has 3 aromatic heterocycles. The van der Waals surface area contributed by atoms with Gasteiger partial charge in [-0.15, -0.1) is 0 Å². The molecule has 1 saturated heterocycles. The molecule has 37 heavy (non-hydrogen) atoms. The van der Waals surface area contributed by atoms with Gasteiger partial charge in [-0.25, -0.2) is 14.8 Å². The number of rotatable bonds is 7. The number of hydrogen-bond acceptors (Lipinski definition) is 9. The van der Waals surface area contributed by atoms with Crippen molar-refractivity contribution >= 4 is 39.9 Å². The first-order valence-electron chi connectivity index (χ1n) is 11.6. The lowest BCUT2D eigenvalue weighted by Gasteiger charge is -2.30. The van der Waals surface area contributed by atoms with E-state index in [1.54, 1.807) is 26.3 Å². The van der Waals surface area contributed by atoms with Crippen molar-refractivity contribution in [3.63, 3.8) is 0 Å². The Morgan fingerprint density at radius 2 is 2.16 bits per heavy atom. The summed E-state index contributed by atoms with van der Waals surface area (Å²) >= 11 is 7.08. The Balaban J connectivity index is 0.000000266. The second kappa shape index (κ2) is 12.7. The smallest absolute Gasteiger partial charge is 0.350 e. The molecule has 1 amide bonds. The molecule has 3 N–H and O–H groups in total. The van der Waals surface area contributed by atoms with Gasteiger partial charge in [0, 0.05) is 44.8 Å². The maximum Gasteiger partial charge on any atom is 0.350 e. The molecule has 1 atom stereocenters. The summed E-state index contributed by atoms with van der Waals surface area (Å²) in [6.45, 7) is 7.06. The first-order valence-corrected chi connectivity index (χ1v) is 12.8. The van der Waals surface area contributed by atoms with E-state index in [0.717, 1.165) is 24.6 Å². The van der Waals surface area contributed by atoms with Gasteiger partial charge in [-0.2, -0.15) is 5.26 Å². The second-order valence-electron chi connectivity index (χ2n) is 8.59. The molecule has 4 rings (SSSR count). The Bertz CT molecular complexity index is 1290. The number of amides is 1. The summed E-state index contributed by atoms with van der Waals surface area (Å²) in [4.78, 5) is 37.6. The third kappa shape index (κ3) is 6.49. The van der Waals surface area contributed by atoms with Crippen LogP contribution in [0.25, 0.3) is 11.5 Å². The lowest BCUT2D eigenvalue weighted by atomic mass is 10.0. The highest BCUT2D eigenvalue weighted by Crippen LogP contribution is 2.35. The number of ether oxygens (including phenoxy) is 2. The van der Waals surface area contributed by atoms with Gasteiger partial charge in [0.05, 0.1) is 18.7 Å². The van der Waals surface area contributed by atoms with Crippen molar-refractivity contribution in [2.24, 2.45) is 11.7 Å². The Morgan fingerprint density at radius 3 is 2.76 bits per heavy atom. The summed E-state index contributed by atoms with van der Waals surface area (Å²) in [7, 11) is 3.06. The molecule has 198 valence electrons. The number of piperidine rings is 1. The van der Waals surface area contributed by atoms with Crippen molar-refractivity contribution < 1.29 is 19.1 Å². The van der Waals surface area contributed by atoms with Gasteiger partial charge in [0.1, 0.15) is 27.9 Å². The highest BCUT2D eigenvalue weighted by atomic mass is 35.5. The van der Waals surface area contributed by atoms with Crippen molar-refractivity contribution in [1.82, 2.24) is 19.5 Å². The highest BCUT2D eigenvalue weighted by Gasteiger charge is 2.27. The Morgan fingerprint density at radius 1 is 1.41 bits per heavy atom. The van der Waals surface area contributed by atoms with Crippen molar-refractivity contribution in [1.29, 1.82) is 5.26 Å². The minimum Gasteiger partial charge on any atom is -0.465 e. The zero-order valence-corrected chi connectivity index (χ0v) is 22.8. The molecule has 1 fully saturated rings. The molecule has 0 aliphatic carbocycles. The lowest BCUT2D eigenvalue weighted by molar-refractivity contribution is 0.0606. The van der Waals surface area contributed by atoms with E-state index in [-0.39, 0.29) is 22.2 Å². The number of thiazole rings is 1. The molecule has 3 aromatic rings. The number of hydrogen-bond donors (Lipinski definition) is 2. The highest BCUT2D eigenvalue weighted by molar-refractivity contribution is 7.17. The predicted octanol–water partition coefficient (Wildman–Crippen LogP) is 3.62. The molecule has 1 aliphatic rings. The van der Waals surface area contributed by atoms with Crippen molar-refractivity contribution in [2.45, 2.75) is 33.2 Å². The van der Waals surface area contributed by atoms with Crippen LogP contribution in [0.2, 0.25) is 5.02 Å². The van der Waals surface area contributed by atoms with Gasteiger partial charge in [-0.05, 0) is 25.7 Å². The minimum absolute atomic E-state index is 0.0694. The summed E-state index contributed by atoms with van der Waals surface area (Å²) < 4.78 is 12.1. The number of esters is 1. The number of aromatic amines is 1. The van der Waals surface area contributed by atoms with Crippen LogP contribution in [0, 0.1) is 24.2 Å². The van der Waals surface area contributed by atoms with Gasteiger partial charge < -0.3 is 29.7 Å². The average Bonchev–Trinajstić information content (AvgIpc) is 3.60. The fraction of sp³-hybridized carbons (Fsp3) is 0.458. The number of methoxy groups -OCH3 is 2. The lowest BCUT2D eigenvalue weighted by Crippen LogP contribution is -2.34. The maximum atomic E-state index is 12.3. The molecular formula is C24H30ClN7O4S. The number of aromatic nitrogens is 4. The minimum atomic E-state index is -0.679. The van der Waals surface area contributed by atoms with Crippen LogP contribution in [-0.4, -0.2) is 65.3 Å². The third-order valence-corrected chi connectivity index (χ3v) is 7.42. The average molecular weight is 548 g/mol. The van der Waals surface area contributed by atoms with Crippen LogP contribution in [-0.2, 0) is 16.0 Å². The van der Waals surface area contributed by atoms with Crippen molar-refractivity contribution in [2.75, 3.05) is 38.8 Å². The summed E-state index contributed by atoms with van der Waals surface area (Å²) in [5.41, 5.74) is 6.33. The topological polar surface area (TPSA) is 152 Å². The molecule has 0 radical (unpaired) electrons. The monoisotopic (exact) mass is 547 g/mol. The zero-order chi connectivity index (χ0) is 27.1. The summed E-state index contributed by atoms with van der Waals surface area (Å²) in [6, 6.07) is 1.80. The Labute approximate surface area is 224 Å². The van der Waals surface area contributed by atoms with E-state index < -0.39 is 5.91 Å². The van der Waals surface area contributed by atoms with Gasteiger partial charge in [0.25, 0.3) is 5.91 Å². The van der Waals surface area contributed by atoms with Crippen LogP contribution in [0.4, 0.5) is 5.13 Å². The number of aryl methyl sites for hydroxylation is 1. The SMILES string of the molecule is COCCn1ccnc1-c1nc(N2CCC[C@@H](C)C2)sc1C(=O)OC.Cc1[nH]c(C(N)=O)c(C#N)c1Cl. The molecule has 11 nitrogen and oxygen atoms in total. The van der Waals surface area contributed by atoms with Crippen molar-refractivity contribution in [3.05, 3.63) is 39.2 Å². The number of halogens is 1. The molecule has 0 saturated carbocycles. The summed E-state index contributed by atoms with van der Waals surface area (Å²) in [5.74, 6) is 0.253. The number of imidazole rings is 1. The Hall–Kier alpha value is -3.40. The van der Waals surface area contributed by atoms with E-state index in [9.17, 15) is 9.59 Å². The molecule has 1 aliphatic heterocycles. The van der Waals surface area contributed by atoms with Gasteiger partial charge in [0.15, 0.2) is 11.0 Å². The number of nitrogens with one attached hydrogen (secondary N) is 1. The van der Waals surface area contributed by atoms with E-state index in [4.69, 9.17) is 37.1 Å². The van der Waals surface area contributed by atoms with Crippen LogP contribution < -0.4 is 10.6 Å². The number of nitrogens with two attached hydrogens (primary N) is 1. The van der Waals surface area contributed by atoms with Gasteiger partial charge in [0.2, 0.25) is 0 Å². The number of nitrogens with zero attached hydrogens (tertiary/aromatic N) is 5. The molecular weight excluding hydrogens is 518 g/mol. The van der Waals surface area contributed by atoms with Crippen LogP contribution in [0.3, 0.4) is 0 Å². The zero-order valence-electron chi connectivity index (χ0n) is 21.2. The quantitative estimate of drug-likeness (QED) is 0.425. The van der Waals surface area contributed by atoms with Gasteiger partial charge >= 0.3 is 5.97 Å². The van der Waals surface area contributed by atoms with E-state index in [2.05, 4.69) is 21.8 Å². The predicted molar refractivity (Wildman–Crippen MR) is 141 cm³/mol. The van der Waals surface area contributed by atoms with E-state index in [1.165, 1.54) is 24.9 Å². The normalized spacial score (nSPS) is 15.0. The number of H-pyrrole nitrogens is 1. The number of carbonyl (C=O) groups is 2. The van der Waals surface area contributed by atoms with Crippen molar-refractivity contribution in [3.8, 4) is 17.6 Å². The number of nitriles is 1. The maximum absolute atomic E-state index is 12.3. The molecule has 0 unspecified atom stereocenters. The van der Waals surface area contributed by atoms with Crippen LogP contribution in [0.15, 0.2) is 12.4 Å². The standard InChI is InChI=1S/C17H24N4O3S.C7H6ClN3O/c1-12-5-4-7-21(11-12)17-19-13(14(25-17)16(22)24-3)15-18-6-8-20(15)9-10-23-2;1-3-5(8)4(2-9)6(11-3)7(10)12/h6,8,12H,4-5,7,9-11H2,1-3H3;11H,1H3,(H2,10,12)/t12-;/m1./s1. The largest absolute Gasteiger partial charge is 0.465 e. The first kappa shape index (κ1) is 28.2. The van der Waals surface area contributed by atoms with E-state index in [0.29, 0.717) is 41.2 Å². The summed E-state index contributed by atoms with van der Waals surface area (Å²) in [6.07, 6.45) is 5.97. The number of carbonyl (C=O) groups excluding carboxylic acids is 2. The third-order valence-electron chi connectivity index (χ3n) is 5.85. The van der Waals surface area contributed by atoms with Gasteiger partial charge in [-0.1, -0.05) is 29.9 Å². The van der Waals surface area contributed by atoms with Crippen LogP contribution in [0.1, 0.15) is 51.2 Å². The van der Waals surface area contributed by atoms with Gasteiger partial charge in [-0.3, -0.25) is 4.79 Å². The molecule has 0 bridgehead atoms. The Kier molecular flexibility index (Phi) is 9.68. The molecule has 0 aromatic carbocycles. The van der Waals surface area contributed by atoms with E-state index in [1.807, 2.05) is 10.8 Å². The summed E-state index contributed by atoms with van der Waals surface area (Å²) in [5, 5.41) is 9.72. The van der Waals surface area contributed by atoms with Crippen LogP contribution in [0.5, 0.6) is 0 Å². The number of anilines is 1. The van der Waals surface area contributed by atoms with Crippen LogP contribution >= 0.6 is 22.9 Å². The van der Waals surface area contributed by atoms with E-state index >= 15 is 0 Å².